The summed E-state index contributed by atoms with van der Waals surface area (Å²) in [6.07, 6.45) is 0.361. The molecule has 0 aromatic rings. The van der Waals surface area contributed by atoms with Crippen LogP contribution >= 0.6 is 0 Å². The van der Waals surface area contributed by atoms with Crippen LogP contribution in [0.3, 0.4) is 0 Å². The van der Waals surface area contributed by atoms with Gasteiger partial charge in [-0.25, -0.2) is 38.7 Å². The molecule has 2 atom stereocenters. The van der Waals surface area contributed by atoms with E-state index in [9.17, 15) is 19.2 Å². The molecule has 0 fully saturated rings. The first kappa shape index (κ1) is 20.8. The standard InChI is InChI=1S/C12H21N3O8/c1-7(16)20-23-12(19)9(15)6-11(18)22-21-10(17)5-8(14)3-2-4-13/h8-9H,2-6,13-15H2,1H3. The lowest BCUT2D eigenvalue weighted by molar-refractivity contribution is -0.263. The highest BCUT2D eigenvalue weighted by Crippen LogP contribution is 2.02. The summed E-state index contributed by atoms with van der Waals surface area (Å²) in [6, 6.07) is -1.92. The quantitative estimate of drug-likeness (QED) is 0.335. The van der Waals surface area contributed by atoms with Crippen molar-refractivity contribution < 1.29 is 38.7 Å². The number of carbonyl (C=O) groups is 4. The molecule has 11 heteroatoms. The zero-order chi connectivity index (χ0) is 17.8. The molecule has 2 unspecified atom stereocenters. The van der Waals surface area contributed by atoms with Crippen molar-refractivity contribution in [2.24, 2.45) is 17.2 Å². The number of rotatable bonds is 8. The first-order chi connectivity index (χ1) is 10.8. The van der Waals surface area contributed by atoms with Crippen LogP contribution in [0.2, 0.25) is 0 Å². The van der Waals surface area contributed by atoms with Crippen molar-refractivity contribution in [3.05, 3.63) is 0 Å². The topological polar surface area (TPSA) is 183 Å². The number of hydrogen-bond acceptors (Lipinski definition) is 11. The van der Waals surface area contributed by atoms with Gasteiger partial charge in [-0.3, -0.25) is 0 Å². The van der Waals surface area contributed by atoms with E-state index >= 15 is 0 Å². The molecule has 0 aliphatic rings. The van der Waals surface area contributed by atoms with Gasteiger partial charge in [-0.05, 0) is 19.4 Å². The highest BCUT2D eigenvalue weighted by atomic mass is 17.2. The minimum atomic E-state index is -1.45. The van der Waals surface area contributed by atoms with Crippen LogP contribution in [0, 0.1) is 0 Å². The van der Waals surface area contributed by atoms with E-state index < -0.39 is 42.4 Å². The smallest absolute Gasteiger partial charge is 0.330 e. The number of nitrogens with two attached hydrogens (primary N) is 3. The molecule has 0 aliphatic carbocycles. The van der Waals surface area contributed by atoms with E-state index in [2.05, 4.69) is 19.6 Å². The molecule has 6 N–H and O–H groups in total. The van der Waals surface area contributed by atoms with Crippen LogP contribution in [0.25, 0.3) is 0 Å². The van der Waals surface area contributed by atoms with Gasteiger partial charge in [-0.15, -0.1) is 0 Å². The van der Waals surface area contributed by atoms with Crippen LogP contribution in [0.15, 0.2) is 0 Å². The maximum absolute atomic E-state index is 11.3. The third-order valence-corrected chi connectivity index (χ3v) is 2.37. The zero-order valence-electron chi connectivity index (χ0n) is 12.7. The third-order valence-electron chi connectivity index (χ3n) is 2.37. The van der Waals surface area contributed by atoms with Gasteiger partial charge in [0, 0.05) is 13.0 Å². The molecule has 0 radical (unpaired) electrons. The maximum atomic E-state index is 11.3. The van der Waals surface area contributed by atoms with Crippen LogP contribution in [0.1, 0.15) is 32.6 Å². The minimum absolute atomic E-state index is 0.159. The molecular weight excluding hydrogens is 314 g/mol. The lowest BCUT2D eigenvalue weighted by Gasteiger charge is -2.10. The van der Waals surface area contributed by atoms with E-state index in [0.717, 1.165) is 6.92 Å². The summed E-state index contributed by atoms with van der Waals surface area (Å²) < 4.78 is 0. The summed E-state index contributed by atoms with van der Waals surface area (Å²) in [5, 5.41) is 0. The highest BCUT2D eigenvalue weighted by Gasteiger charge is 2.23. The Hall–Kier alpha value is -2.24. The number of hydrogen-bond donors (Lipinski definition) is 3. The van der Waals surface area contributed by atoms with Crippen LogP contribution in [-0.2, 0) is 38.7 Å². The molecule has 0 aliphatic heterocycles. The Kier molecular flexibility index (Phi) is 10.2. The normalized spacial score (nSPS) is 12.7. The third kappa shape index (κ3) is 11.0. The van der Waals surface area contributed by atoms with E-state index in [0.29, 0.717) is 19.4 Å². The Labute approximate surface area is 132 Å². The first-order valence-electron chi connectivity index (χ1n) is 6.76. The van der Waals surface area contributed by atoms with Crippen molar-refractivity contribution >= 4 is 23.9 Å². The molecule has 0 aromatic heterocycles. The van der Waals surface area contributed by atoms with E-state index in [4.69, 9.17) is 17.2 Å². The molecular formula is C12H21N3O8. The van der Waals surface area contributed by atoms with Crippen molar-refractivity contribution in [3.63, 3.8) is 0 Å². The van der Waals surface area contributed by atoms with Gasteiger partial charge in [0.1, 0.15) is 6.04 Å². The van der Waals surface area contributed by atoms with Gasteiger partial charge >= 0.3 is 23.9 Å². The van der Waals surface area contributed by atoms with Crippen LogP contribution in [0.4, 0.5) is 0 Å². The lowest BCUT2D eigenvalue weighted by Crippen LogP contribution is -2.35. The van der Waals surface area contributed by atoms with E-state index in [1.54, 1.807) is 0 Å². The summed E-state index contributed by atoms with van der Waals surface area (Å²) in [7, 11) is 0. The Morgan fingerprint density at radius 1 is 0.913 bits per heavy atom. The predicted octanol–water partition coefficient (Wildman–Crippen LogP) is -1.82. The Balaban J connectivity index is 3.98. The summed E-state index contributed by atoms with van der Waals surface area (Å²) in [4.78, 5) is 60.7. The summed E-state index contributed by atoms with van der Waals surface area (Å²) in [5.41, 5.74) is 16.2. The molecule has 0 saturated heterocycles. The maximum Gasteiger partial charge on any atom is 0.372 e. The molecule has 132 valence electrons. The lowest BCUT2D eigenvalue weighted by atomic mass is 10.1. The molecule has 0 amide bonds. The number of carbonyl (C=O) groups excluding carboxylic acids is 4. The summed E-state index contributed by atoms with van der Waals surface area (Å²) in [5.74, 6) is -3.96. The van der Waals surface area contributed by atoms with Crippen molar-refractivity contribution in [1.29, 1.82) is 0 Å². The second kappa shape index (κ2) is 11.3. The molecule has 0 aromatic carbocycles. The SMILES string of the molecule is CC(=O)OOC(=O)C(N)CC(=O)OOC(=O)CC(N)CCCN. The molecule has 0 bridgehead atoms. The fraction of sp³-hybridized carbons (Fsp3) is 0.667. The van der Waals surface area contributed by atoms with Crippen LogP contribution in [0.5, 0.6) is 0 Å². The fourth-order valence-corrected chi connectivity index (χ4v) is 1.28. The van der Waals surface area contributed by atoms with Crippen LogP contribution in [-0.4, -0.2) is 42.5 Å². The summed E-state index contributed by atoms with van der Waals surface area (Å²) in [6.45, 7) is 1.45. The Bertz CT molecular complexity index is 429. The van der Waals surface area contributed by atoms with Crippen molar-refractivity contribution in [1.82, 2.24) is 0 Å². The first-order valence-corrected chi connectivity index (χ1v) is 6.76. The van der Waals surface area contributed by atoms with Crippen molar-refractivity contribution in [3.8, 4) is 0 Å². The second-order valence-electron chi connectivity index (χ2n) is 4.59. The van der Waals surface area contributed by atoms with Gasteiger partial charge in [0.15, 0.2) is 0 Å². The largest absolute Gasteiger partial charge is 0.372 e. The molecule has 0 rings (SSSR count). The highest BCUT2D eigenvalue weighted by molar-refractivity contribution is 5.82. The van der Waals surface area contributed by atoms with Gasteiger partial charge in [-0.2, -0.15) is 0 Å². The van der Waals surface area contributed by atoms with Gasteiger partial charge in [0.25, 0.3) is 0 Å². The predicted molar refractivity (Wildman–Crippen MR) is 73.5 cm³/mol. The molecule has 0 spiro atoms. The molecule has 0 saturated carbocycles. The summed E-state index contributed by atoms with van der Waals surface area (Å²) >= 11 is 0. The molecule has 11 nitrogen and oxygen atoms in total. The van der Waals surface area contributed by atoms with Gasteiger partial charge in [-0.1, -0.05) is 0 Å². The average Bonchev–Trinajstić information content (AvgIpc) is 2.48. The molecule has 0 heterocycles. The van der Waals surface area contributed by atoms with Crippen LogP contribution < -0.4 is 17.2 Å². The van der Waals surface area contributed by atoms with Crippen molar-refractivity contribution in [2.75, 3.05) is 6.54 Å². The van der Waals surface area contributed by atoms with E-state index in [1.807, 2.05) is 0 Å². The Morgan fingerprint density at radius 2 is 1.48 bits per heavy atom. The van der Waals surface area contributed by atoms with E-state index in [-0.39, 0.29) is 6.42 Å². The fourth-order valence-electron chi connectivity index (χ4n) is 1.28. The van der Waals surface area contributed by atoms with Crippen molar-refractivity contribution in [2.45, 2.75) is 44.7 Å². The minimum Gasteiger partial charge on any atom is -0.330 e. The van der Waals surface area contributed by atoms with E-state index in [1.165, 1.54) is 0 Å². The Morgan fingerprint density at radius 3 is 2.00 bits per heavy atom. The van der Waals surface area contributed by atoms with Gasteiger partial charge < -0.3 is 17.2 Å². The monoisotopic (exact) mass is 335 g/mol. The van der Waals surface area contributed by atoms with Gasteiger partial charge in [0.2, 0.25) is 0 Å². The zero-order valence-corrected chi connectivity index (χ0v) is 12.7. The molecule has 23 heavy (non-hydrogen) atoms. The second-order valence-corrected chi connectivity index (χ2v) is 4.59. The average molecular weight is 335 g/mol. The van der Waals surface area contributed by atoms with Gasteiger partial charge in [0.05, 0.1) is 12.8 Å².